The number of piperidine rings is 1. The van der Waals surface area contributed by atoms with Gasteiger partial charge >= 0.3 is 0 Å². The van der Waals surface area contributed by atoms with Crippen LogP contribution in [0.4, 0.5) is 0 Å². The fraction of sp³-hybridized carbons (Fsp3) is 1.00. The molecule has 2 rings (SSSR count). The van der Waals surface area contributed by atoms with Crippen molar-refractivity contribution in [1.29, 1.82) is 0 Å². The number of hydrogen-bond acceptors (Lipinski definition) is 4. The summed E-state index contributed by atoms with van der Waals surface area (Å²) in [6.07, 6.45) is 8.77. The quantitative estimate of drug-likeness (QED) is 0.652. The maximum Gasteiger partial charge on any atom is 0.0616 e. The molecule has 1 saturated heterocycles. The van der Waals surface area contributed by atoms with E-state index in [0.717, 1.165) is 12.3 Å². The first-order valence-corrected chi connectivity index (χ1v) is 7.94. The van der Waals surface area contributed by atoms with Crippen molar-refractivity contribution in [2.45, 2.75) is 63.1 Å². The Balaban J connectivity index is 1.85. The smallest absolute Gasteiger partial charge is 0.0616 e. The van der Waals surface area contributed by atoms with Gasteiger partial charge in [-0.15, -0.1) is 0 Å². The van der Waals surface area contributed by atoms with E-state index in [-0.39, 0.29) is 6.61 Å². The minimum Gasteiger partial charge on any atom is -0.396 e. The van der Waals surface area contributed by atoms with Crippen LogP contribution in [0.15, 0.2) is 0 Å². The molecular formula is C15H30N2O2. The molecule has 4 nitrogen and oxygen atoms in total. The van der Waals surface area contributed by atoms with Gasteiger partial charge in [0.2, 0.25) is 0 Å². The average molecular weight is 270 g/mol. The van der Waals surface area contributed by atoms with Gasteiger partial charge in [-0.2, -0.15) is 0 Å². The molecule has 1 saturated carbocycles. The van der Waals surface area contributed by atoms with Crippen LogP contribution in [0.25, 0.3) is 0 Å². The molecule has 0 aromatic rings. The molecule has 1 aliphatic carbocycles. The molecule has 19 heavy (non-hydrogen) atoms. The predicted octanol–water partition coefficient (Wildman–Crippen LogP) is 1.28. The summed E-state index contributed by atoms with van der Waals surface area (Å²) in [6, 6.07) is 1.59. The van der Waals surface area contributed by atoms with E-state index in [0.29, 0.717) is 24.7 Å². The lowest BCUT2D eigenvalue weighted by Crippen LogP contribution is -2.50. The van der Waals surface area contributed by atoms with Crippen LogP contribution < -0.4 is 10.6 Å². The van der Waals surface area contributed by atoms with Crippen molar-refractivity contribution in [1.82, 2.24) is 10.6 Å². The molecule has 4 unspecified atom stereocenters. The van der Waals surface area contributed by atoms with Gasteiger partial charge in [0.25, 0.3) is 0 Å². The fourth-order valence-corrected chi connectivity index (χ4v) is 3.80. The second kappa shape index (κ2) is 8.20. The second-order valence-electron chi connectivity index (χ2n) is 6.09. The highest BCUT2D eigenvalue weighted by atomic mass is 16.5. The Kier molecular flexibility index (Phi) is 6.57. The Morgan fingerprint density at radius 1 is 1.26 bits per heavy atom. The number of aliphatic hydroxyl groups excluding tert-OH is 1. The van der Waals surface area contributed by atoms with Gasteiger partial charge in [-0.3, -0.25) is 0 Å². The third kappa shape index (κ3) is 4.42. The Morgan fingerprint density at radius 3 is 2.84 bits per heavy atom. The zero-order valence-corrected chi connectivity index (χ0v) is 12.2. The van der Waals surface area contributed by atoms with Crippen LogP contribution in [-0.4, -0.2) is 50.1 Å². The molecule has 2 fully saturated rings. The summed E-state index contributed by atoms with van der Waals surface area (Å²) < 4.78 is 5.26. The number of methoxy groups -OCH3 is 1. The molecule has 0 bridgehead atoms. The van der Waals surface area contributed by atoms with Crippen LogP contribution in [0.3, 0.4) is 0 Å². The lowest BCUT2D eigenvalue weighted by atomic mass is 9.88. The van der Waals surface area contributed by atoms with E-state index in [4.69, 9.17) is 9.84 Å². The zero-order valence-electron chi connectivity index (χ0n) is 12.2. The highest BCUT2D eigenvalue weighted by molar-refractivity contribution is 4.93. The molecule has 2 aliphatic rings. The van der Waals surface area contributed by atoms with Crippen molar-refractivity contribution in [3.8, 4) is 0 Å². The summed E-state index contributed by atoms with van der Waals surface area (Å²) in [5.74, 6) is 0.762. The second-order valence-corrected chi connectivity index (χ2v) is 6.09. The third-order valence-corrected chi connectivity index (χ3v) is 4.73. The molecule has 3 N–H and O–H groups in total. The summed E-state index contributed by atoms with van der Waals surface area (Å²) in [7, 11) is 1.74. The van der Waals surface area contributed by atoms with Gasteiger partial charge in [-0.05, 0) is 44.6 Å². The van der Waals surface area contributed by atoms with Crippen LogP contribution in [0.2, 0.25) is 0 Å². The molecule has 4 atom stereocenters. The average Bonchev–Trinajstić information content (AvgIpc) is 2.88. The Hall–Kier alpha value is -0.160. The number of nitrogens with one attached hydrogen (secondary N) is 2. The minimum atomic E-state index is 0.236. The van der Waals surface area contributed by atoms with Crippen LogP contribution in [0.1, 0.15) is 44.9 Å². The number of ether oxygens (including phenoxy) is 1. The molecule has 0 aromatic carbocycles. The Morgan fingerprint density at radius 2 is 2.16 bits per heavy atom. The summed E-state index contributed by atoms with van der Waals surface area (Å²) in [5, 5.41) is 16.6. The number of rotatable bonds is 7. The predicted molar refractivity (Wildman–Crippen MR) is 77.3 cm³/mol. The summed E-state index contributed by atoms with van der Waals surface area (Å²) in [5.41, 5.74) is 0. The monoisotopic (exact) mass is 270 g/mol. The molecule has 0 radical (unpaired) electrons. The zero-order chi connectivity index (χ0) is 13.5. The van der Waals surface area contributed by atoms with Crippen molar-refractivity contribution in [3.63, 3.8) is 0 Å². The summed E-state index contributed by atoms with van der Waals surface area (Å²) in [6.45, 7) is 2.12. The first kappa shape index (κ1) is 15.2. The van der Waals surface area contributed by atoms with Gasteiger partial charge in [0.15, 0.2) is 0 Å². The van der Waals surface area contributed by atoms with Crippen molar-refractivity contribution in [2.24, 2.45) is 5.92 Å². The fourth-order valence-electron chi connectivity index (χ4n) is 3.80. The SMILES string of the molecule is COCC(CCO)NC1CCCC1C1CCCCN1. The molecule has 4 heteroatoms. The lowest BCUT2D eigenvalue weighted by Gasteiger charge is -2.34. The van der Waals surface area contributed by atoms with E-state index >= 15 is 0 Å². The Labute approximate surface area is 117 Å². The van der Waals surface area contributed by atoms with Gasteiger partial charge in [-0.25, -0.2) is 0 Å². The topological polar surface area (TPSA) is 53.5 Å². The molecule has 1 heterocycles. The highest BCUT2D eigenvalue weighted by Gasteiger charge is 2.34. The molecule has 0 aromatic heterocycles. The summed E-state index contributed by atoms with van der Waals surface area (Å²) in [4.78, 5) is 0. The van der Waals surface area contributed by atoms with Crippen LogP contribution in [-0.2, 0) is 4.74 Å². The maximum atomic E-state index is 9.14. The molecule has 1 aliphatic heterocycles. The lowest BCUT2D eigenvalue weighted by molar-refractivity contribution is 0.133. The first-order valence-electron chi connectivity index (χ1n) is 7.94. The van der Waals surface area contributed by atoms with E-state index in [1.807, 2.05) is 0 Å². The number of aliphatic hydroxyl groups is 1. The molecular weight excluding hydrogens is 240 g/mol. The van der Waals surface area contributed by atoms with E-state index in [1.54, 1.807) is 7.11 Å². The van der Waals surface area contributed by atoms with Crippen LogP contribution >= 0.6 is 0 Å². The van der Waals surface area contributed by atoms with Gasteiger partial charge < -0.3 is 20.5 Å². The van der Waals surface area contributed by atoms with E-state index in [2.05, 4.69) is 10.6 Å². The van der Waals surface area contributed by atoms with E-state index in [1.165, 1.54) is 45.1 Å². The third-order valence-electron chi connectivity index (χ3n) is 4.73. The maximum absolute atomic E-state index is 9.14. The highest BCUT2D eigenvalue weighted by Crippen LogP contribution is 2.32. The van der Waals surface area contributed by atoms with Crippen LogP contribution in [0.5, 0.6) is 0 Å². The van der Waals surface area contributed by atoms with Crippen molar-refractivity contribution >= 4 is 0 Å². The molecule has 112 valence electrons. The van der Waals surface area contributed by atoms with Crippen LogP contribution in [0, 0.1) is 5.92 Å². The molecule has 0 amide bonds. The summed E-state index contributed by atoms with van der Waals surface area (Å²) >= 11 is 0. The van der Waals surface area contributed by atoms with Crippen molar-refractivity contribution < 1.29 is 9.84 Å². The van der Waals surface area contributed by atoms with Gasteiger partial charge in [0, 0.05) is 31.8 Å². The van der Waals surface area contributed by atoms with Crippen molar-refractivity contribution in [3.05, 3.63) is 0 Å². The molecule has 0 spiro atoms. The Bertz CT molecular complexity index is 238. The standard InChI is InChI=1S/C15H30N2O2/c1-19-11-12(8-10-18)17-15-7-4-5-13(15)14-6-2-3-9-16-14/h12-18H,2-11H2,1H3. The van der Waals surface area contributed by atoms with E-state index in [9.17, 15) is 0 Å². The normalized spacial score (nSPS) is 33.5. The van der Waals surface area contributed by atoms with Gasteiger partial charge in [0.1, 0.15) is 0 Å². The largest absolute Gasteiger partial charge is 0.396 e. The van der Waals surface area contributed by atoms with E-state index < -0.39 is 0 Å². The van der Waals surface area contributed by atoms with Gasteiger partial charge in [0.05, 0.1) is 6.61 Å². The minimum absolute atomic E-state index is 0.236. The number of hydrogen-bond donors (Lipinski definition) is 3. The van der Waals surface area contributed by atoms with Gasteiger partial charge in [-0.1, -0.05) is 12.8 Å². The first-order chi connectivity index (χ1) is 9.35. The van der Waals surface area contributed by atoms with Crippen molar-refractivity contribution in [2.75, 3.05) is 26.9 Å².